The lowest BCUT2D eigenvalue weighted by atomic mass is 10.1. The van der Waals surface area contributed by atoms with Crippen molar-refractivity contribution in [3.63, 3.8) is 0 Å². The molecular weight excluding hydrogens is 344 g/mol. The molecule has 3 aromatic heterocycles. The molecule has 0 amide bonds. The Morgan fingerprint density at radius 3 is 2.77 bits per heavy atom. The van der Waals surface area contributed by atoms with Gasteiger partial charge in [0.15, 0.2) is 5.82 Å². The number of hydrogen-bond donors (Lipinski definition) is 2. The van der Waals surface area contributed by atoms with Crippen LogP contribution in [0.1, 0.15) is 5.56 Å². The lowest BCUT2D eigenvalue weighted by Gasteiger charge is -2.10. The van der Waals surface area contributed by atoms with E-state index < -0.39 is 0 Å². The molecule has 7 heteroatoms. The lowest BCUT2D eigenvalue weighted by Crippen LogP contribution is -2.01. The van der Waals surface area contributed by atoms with Crippen molar-refractivity contribution < 1.29 is 0 Å². The largest absolute Gasteiger partial charge is 0.365 e. The highest BCUT2D eigenvalue weighted by atomic mass is 32.1. The topological polar surface area (TPSA) is 79.4 Å². The average Bonchev–Trinajstić information content (AvgIpc) is 3.38. The Kier molecular flexibility index (Phi) is 3.57. The SMILES string of the molecule is c1ccc(CNc2nc3cc(-c4nnn[nH]4)ccc3c3sccc23)cc1. The summed E-state index contributed by atoms with van der Waals surface area (Å²) >= 11 is 1.73. The van der Waals surface area contributed by atoms with Gasteiger partial charge in [0, 0.05) is 27.6 Å². The molecule has 0 aliphatic carbocycles. The van der Waals surface area contributed by atoms with Crippen LogP contribution in [-0.4, -0.2) is 25.6 Å². The van der Waals surface area contributed by atoms with Crippen LogP contribution in [-0.2, 0) is 6.54 Å². The van der Waals surface area contributed by atoms with E-state index in [0.29, 0.717) is 5.82 Å². The quantitative estimate of drug-likeness (QED) is 0.502. The van der Waals surface area contributed by atoms with E-state index in [1.807, 2.05) is 30.3 Å². The summed E-state index contributed by atoms with van der Waals surface area (Å²) in [6.07, 6.45) is 0. The maximum absolute atomic E-state index is 4.87. The molecule has 0 aliphatic rings. The van der Waals surface area contributed by atoms with E-state index in [1.165, 1.54) is 10.3 Å². The summed E-state index contributed by atoms with van der Waals surface area (Å²) in [5.74, 6) is 1.53. The van der Waals surface area contributed by atoms with Crippen molar-refractivity contribution in [2.45, 2.75) is 6.54 Å². The van der Waals surface area contributed by atoms with E-state index in [4.69, 9.17) is 4.98 Å². The molecule has 0 fully saturated rings. The zero-order chi connectivity index (χ0) is 17.3. The fourth-order valence-corrected chi connectivity index (χ4v) is 3.98. The number of aromatic nitrogens is 5. The molecule has 0 bridgehead atoms. The molecule has 5 rings (SSSR count). The summed E-state index contributed by atoms with van der Waals surface area (Å²) in [6.45, 7) is 0.732. The third kappa shape index (κ3) is 2.58. The van der Waals surface area contributed by atoms with Crippen LogP contribution in [0.25, 0.3) is 32.4 Å². The number of nitrogens with zero attached hydrogens (tertiary/aromatic N) is 4. The van der Waals surface area contributed by atoms with E-state index in [1.54, 1.807) is 11.3 Å². The first-order valence-electron chi connectivity index (χ1n) is 8.21. The van der Waals surface area contributed by atoms with E-state index >= 15 is 0 Å². The number of pyridine rings is 1. The minimum Gasteiger partial charge on any atom is -0.365 e. The highest BCUT2D eigenvalue weighted by molar-refractivity contribution is 7.18. The second-order valence-corrected chi connectivity index (χ2v) is 6.86. The van der Waals surface area contributed by atoms with Gasteiger partial charge in [0.1, 0.15) is 5.82 Å². The predicted molar refractivity (Wildman–Crippen MR) is 104 cm³/mol. The molecule has 0 unspecified atom stereocenters. The maximum Gasteiger partial charge on any atom is 0.179 e. The molecular formula is C19H14N6S. The molecule has 6 nitrogen and oxygen atoms in total. The average molecular weight is 358 g/mol. The third-order valence-electron chi connectivity index (χ3n) is 4.32. The van der Waals surface area contributed by atoms with Crippen LogP contribution in [0.5, 0.6) is 0 Å². The summed E-state index contributed by atoms with van der Waals surface area (Å²) in [7, 11) is 0. The standard InChI is InChI=1S/C19H14N6S/c1-2-4-12(5-3-1)11-20-19-15-8-9-26-17(15)14-7-6-13(10-16(14)21-19)18-22-24-25-23-18/h1-10H,11H2,(H,20,21)(H,22,23,24,25). The number of benzene rings is 2. The molecule has 0 saturated carbocycles. The van der Waals surface area contributed by atoms with Crippen LogP contribution in [0.15, 0.2) is 60.0 Å². The first-order chi connectivity index (χ1) is 12.9. The number of H-pyrrole nitrogens is 1. The normalized spacial score (nSPS) is 11.2. The number of aromatic amines is 1. The molecule has 3 heterocycles. The Labute approximate surface area is 152 Å². The highest BCUT2D eigenvalue weighted by Crippen LogP contribution is 2.34. The summed E-state index contributed by atoms with van der Waals surface area (Å²) in [5, 5.41) is 22.0. The van der Waals surface area contributed by atoms with Crippen molar-refractivity contribution >= 4 is 38.1 Å². The summed E-state index contributed by atoms with van der Waals surface area (Å²) in [5.41, 5.74) is 3.06. The van der Waals surface area contributed by atoms with Crippen LogP contribution in [0, 0.1) is 0 Å². The van der Waals surface area contributed by atoms with Gasteiger partial charge in [-0.3, -0.25) is 0 Å². The van der Waals surface area contributed by atoms with Crippen molar-refractivity contribution in [3.8, 4) is 11.4 Å². The number of rotatable bonds is 4. The Morgan fingerprint density at radius 1 is 1.00 bits per heavy atom. The predicted octanol–water partition coefficient (Wildman–Crippen LogP) is 4.24. The van der Waals surface area contributed by atoms with Crippen molar-refractivity contribution in [1.29, 1.82) is 0 Å². The number of tetrazole rings is 1. The first kappa shape index (κ1) is 15.0. The molecule has 126 valence electrons. The van der Waals surface area contributed by atoms with Crippen LogP contribution < -0.4 is 5.32 Å². The smallest absolute Gasteiger partial charge is 0.179 e. The van der Waals surface area contributed by atoms with Crippen molar-refractivity contribution in [1.82, 2.24) is 25.6 Å². The van der Waals surface area contributed by atoms with Gasteiger partial charge in [0.05, 0.1) is 5.52 Å². The van der Waals surface area contributed by atoms with Crippen LogP contribution in [0.4, 0.5) is 5.82 Å². The molecule has 0 radical (unpaired) electrons. The maximum atomic E-state index is 4.87. The molecule has 0 atom stereocenters. The lowest BCUT2D eigenvalue weighted by molar-refractivity contribution is 0.881. The third-order valence-corrected chi connectivity index (χ3v) is 5.26. The van der Waals surface area contributed by atoms with Crippen LogP contribution >= 0.6 is 11.3 Å². The second-order valence-electron chi connectivity index (χ2n) is 5.94. The van der Waals surface area contributed by atoms with Gasteiger partial charge in [0.25, 0.3) is 0 Å². The van der Waals surface area contributed by atoms with Crippen molar-refractivity contribution in [2.75, 3.05) is 5.32 Å². The minimum absolute atomic E-state index is 0.638. The zero-order valence-corrected chi connectivity index (χ0v) is 14.5. The fraction of sp³-hybridized carbons (Fsp3) is 0.0526. The van der Waals surface area contributed by atoms with Gasteiger partial charge >= 0.3 is 0 Å². The number of thiophene rings is 1. The number of anilines is 1. The molecule has 2 N–H and O–H groups in total. The molecule has 5 aromatic rings. The van der Waals surface area contributed by atoms with Gasteiger partial charge in [-0.15, -0.1) is 16.4 Å². The summed E-state index contributed by atoms with van der Waals surface area (Å²) < 4.78 is 1.23. The van der Waals surface area contributed by atoms with Gasteiger partial charge in [-0.2, -0.15) is 0 Å². The van der Waals surface area contributed by atoms with E-state index in [-0.39, 0.29) is 0 Å². The zero-order valence-electron chi connectivity index (χ0n) is 13.7. The van der Waals surface area contributed by atoms with E-state index in [9.17, 15) is 0 Å². The second kappa shape index (κ2) is 6.20. The van der Waals surface area contributed by atoms with Gasteiger partial charge in [-0.05, 0) is 33.5 Å². The number of fused-ring (bicyclic) bond motifs is 3. The Bertz CT molecular complexity index is 1180. The van der Waals surface area contributed by atoms with Crippen LogP contribution in [0.3, 0.4) is 0 Å². The molecule has 26 heavy (non-hydrogen) atoms. The summed E-state index contributed by atoms with van der Waals surface area (Å²) in [6, 6.07) is 18.6. The van der Waals surface area contributed by atoms with Crippen molar-refractivity contribution in [2.24, 2.45) is 0 Å². The monoisotopic (exact) mass is 358 g/mol. The van der Waals surface area contributed by atoms with Gasteiger partial charge in [0.2, 0.25) is 0 Å². The Hall–Kier alpha value is -3.32. The molecule has 0 aliphatic heterocycles. The van der Waals surface area contributed by atoms with Gasteiger partial charge in [-0.25, -0.2) is 10.1 Å². The Balaban J connectivity index is 1.60. The van der Waals surface area contributed by atoms with Crippen LogP contribution in [0.2, 0.25) is 0 Å². The molecule has 0 saturated heterocycles. The van der Waals surface area contributed by atoms with Gasteiger partial charge < -0.3 is 5.32 Å². The first-order valence-corrected chi connectivity index (χ1v) is 9.09. The minimum atomic E-state index is 0.638. The van der Waals surface area contributed by atoms with E-state index in [0.717, 1.165) is 34.2 Å². The number of nitrogens with one attached hydrogen (secondary N) is 2. The summed E-state index contributed by atoms with van der Waals surface area (Å²) in [4.78, 5) is 4.87. The highest BCUT2D eigenvalue weighted by Gasteiger charge is 2.11. The number of hydrogen-bond acceptors (Lipinski definition) is 6. The van der Waals surface area contributed by atoms with Crippen molar-refractivity contribution in [3.05, 3.63) is 65.5 Å². The fourth-order valence-electron chi connectivity index (χ4n) is 3.05. The van der Waals surface area contributed by atoms with Gasteiger partial charge in [-0.1, -0.05) is 42.5 Å². The Morgan fingerprint density at radius 2 is 1.92 bits per heavy atom. The molecule has 2 aromatic carbocycles. The van der Waals surface area contributed by atoms with E-state index in [2.05, 4.69) is 55.6 Å². The molecule has 0 spiro atoms.